The van der Waals surface area contributed by atoms with E-state index >= 15 is 0 Å². The zero-order valence-corrected chi connectivity index (χ0v) is 15.6. The second-order valence-corrected chi connectivity index (χ2v) is 7.05. The molecule has 2 rings (SSSR count). The third kappa shape index (κ3) is 5.81. The molecular formula is C21H32N2O. The van der Waals surface area contributed by atoms with E-state index in [0.29, 0.717) is 5.92 Å². The SMILES string of the molecule is CCC1=C(NOC[C@H](C)CN(C)C)C(=Cc2ccccc2)CCC1. The molecule has 1 aliphatic rings. The predicted molar refractivity (Wildman–Crippen MR) is 102 cm³/mol. The molecule has 1 atom stereocenters. The largest absolute Gasteiger partial charge is 0.309 e. The average Bonchev–Trinajstić information content (AvgIpc) is 2.56. The van der Waals surface area contributed by atoms with E-state index in [9.17, 15) is 0 Å². The molecule has 3 nitrogen and oxygen atoms in total. The molecule has 0 aromatic heterocycles. The summed E-state index contributed by atoms with van der Waals surface area (Å²) < 4.78 is 0. The maximum atomic E-state index is 5.86. The van der Waals surface area contributed by atoms with Crippen LogP contribution in [0, 0.1) is 5.92 Å². The Kier molecular flexibility index (Phi) is 7.54. The Morgan fingerprint density at radius 2 is 1.96 bits per heavy atom. The van der Waals surface area contributed by atoms with Gasteiger partial charge in [0.2, 0.25) is 0 Å². The van der Waals surface area contributed by atoms with Crippen LogP contribution >= 0.6 is 0 Å². The zero-order chi connectivity index (χ0) is 17.4. The minimum absolute atomic E-state index is 0.503. The van der Waals surface area contributed by atoms with E-state index in [-0.39, 0.29) is 0 Å². The van der Waals surface area contributed by atoms with Crippen LogP contribution in [0.25, 0.3) is 6.08 Å². The fraction of sp³-hybridized carbons (Fsp3) is 0.524. The molecule has 0 heterocycles. The van der Waals surface area contributed by atoms with Crippen molar-refractivity contribution in [3.63, 3.8) is 0 Å². The van der Waals surface area contributed by atoms with E-state index in [2.05, 4.69) is 74.7 Å². The Morgan fingerprint density at radius 3 is 2.62 bits per heavy atom. The number of allylic oxidation sites excluding steroid dienone is 2. The van der Waals surface area contributed by atoms with Crippen LogP contribution in [0.2, 0.25) is 0 Å². The molecule has 0 fully saturated rings. The Balaban J connectivity index is 2.06. The molecule has 1 N–H and O–H groups in total. The molecule has 0 spiro atoms. The van der Waals surface area contributed by atoms with Gasteiger partial charge in [-0.25, -0.2) is 0 Å². The third-order valence-corrected chi connectivity index (χ3v) is 4.39. The van der Waals surface area contributed by atoms with Gasteiger partial charge in [0.15, 0.2) is 0 Å². The zero-order valence-electron chi connectivity index (χ0n) is 15.6. The Labute approximate surface area is 147 Å². The van der Waals surface area contributed by atoms with E-state index in [1.54, 1.807) is 0 Å². The van der Waals surface area contributed by atoms with Crippen LogP contribution in [-0.2, 0) is 4.84 Å². The Bertz CT molecular complexity index is 560. The molecular weight excluding hydrogens is 296 g/mol. The first-order valence-electron chi connectivity index (χ1n) is 9.10. The predicted octanol–water partition coefficient (Wildman–Crippen LogP) is 4.64. The van der Waals surface area contributed by atoms with E-state index in [4.69, 9.17) is 4.84 Å². The van der Waals surface area contributed by atoms with Gasteiger partial charge in [-0.3, -0.25) is 10.3 Å². The van der Waals surface area contributed by atoms with E-state index in [1.807, 2.05) is 0 Å². The van der Waals surface area contributed by atoms with Crippen LogP contribution in [0.1, 0.15) is 45.1 Å². The molecule has 0 aliphatic heterocycles. The second-order valence-electron chi connectivity index (χ2n) is 7.05. The number of nitrogens with zero attached hydrogens (tertiary/aromatic N) is 1. The van der Waals surface area contributed by atoms with Crippen LogP contribution in [-0.4, -0.2) is 32.1 Å². The van der Waals surface area contributed by atoms with Crippen molar-refractivity contribution in [1.82, 2.24) is 10.4 Å². The van der Waals surface area contributed by atoms with E-state index < -0.39 is 0 Å². The summed E-state index contributed by atoms with van der Waals surface area (Å²) >= 11 is 0. The lowest BCUT2D eigenvalue weighted by molar-refractivity contribution is 0.0342. The molecule has 24 heavy (non-hydrogen) atoms. The number of nitrogens with one attached hydrogen (secondary N) is 1. The summed E-state index contributed by atoms with van der Waals surface area (Å²) in [7, 11) is 4.20. The van der Waals surface area contributed by atoms with Gasteiger partial charge >= 0.3 is 0 Å². The molecule has 0 radical (unpaired) electrons. The topological polar surface area (TPSA) is 24.5 Å². The molecule has 132 valence electrons. The van der Waals surface area contributed by atoms with Crippen LogP contribution in [0.3, 0.4) is 0 Å². The number of hydrogen-bond acceptors (Lipinski definition) is 3. The molecule has 0 bridgehead atoms. The molecule has 0 unspecified atom stereocenters. The first kappa shape index (κ1) is 18.8. The van der Waals surface area contributed by atoms with Gasteiger partial charge in [0, 0.05) is 6.54 Å². The highest BCUT2D eigenvalue weighted by atomic mass is 16.6. The lowest BCUT2D eigenvalue weighted by Crippen LogP contribution is -2.27. The highest BCUT2D eigenvalue weighted by molar-refractivity contribution is 5.59. The molecule has 3 heteroatoms. The van der Waals surface area contributed by atoms with Crippen molar-refractivity contribution in [2.45, 2.75) is 39.5 Å². The fourth-order valence-electron chi connectivity index (χ4n) is 3.29. The van der Waals surface area contributed by atoms with E-state index in [0.717, 1.165) is 26.0 Å². The van der Waals surface area contributed by atoms with Crippen molar-refractivity contribution in [3.8, 4) is 0 Å². The molecule has 1 aromatic rings. The molecule has 0 saturated heterocycles. The van der Waals surface area contributed by atoms with Crippen LogP contribution < -0.4 is 5.48 Å². The summed E-state index contributed by atoms with van der Waals surface area (Å²) in [5.74, 6) is 0.503. The lowest BCUT2D eigenvalue weighted by atomic mass is 9.89. The van der Waals surface area contributed by atoms with Gasteiger partial charge in [-0.05, 0) is 68.5 Å². The average molecular weight is 329 g/mol. The van der Waals surface area contributed by atoms with Crippen molar-refractivity contribution in [1.29, 1.82) is 0 Å². The molecule has 0 amide bonds. The summed E-state index contributed by atoms with van der Waals surface area (Å²) in [5, 5.41) is 0. The van der Waals surface area contributed by atoms with Gasteiger partial charge < -0.3 is 4.90 Å². The summed E-state index contributed by atoms with van der Waals surface area (Å²) in [6.07, 6.45) is 6.87. The minimum atomic E-state index is 0.503. The normalized spacial score (nSPS) is 18.3. The lowest BCUT2D eigenvalue weighted by Gasteiger charge is -2.25. The van der Waals surface area contributed by atoms with Crippen molar-refractivity contribution in [2.75, 3.05) is 27.2 Å². The monoisotopic (exact) mass is 328 g/mol. The smallest absolute Gasteiger partial charge is 0.0783 e. The fourth-order valence-corrected chi connectivity index (χ4v) is 3.29. The number of rotatable bonds is 8. The molecule has 1 aromatic carbocycles. The summed E-state index contributed by atoms with van der Waals surface area (Å²) in [6.45, 7) is 6.21. The van der Waals surface area contributed by atoms with Crippen LogP contribution in [0.4, 0.5) is 0 Å². The van der Waals surface area contributed by atoms with Crippen molar-refractivity contribution < 1.29 is 4.84 Å². The van der Waals surface area contributed by atoms with Crippen molar-refractivity contribution >= 4 is 6.08 Å². The first-order chi connectivity index (χ1) is 11.6. The van der Waals surface area contributed by atoms with Gasteiger partial charge in [0.05, 0.1) is 12.3 Å². The standard InChI is InChI=1S/C21H32N2O/c1-5-19-12-9-13-20(14-18-10-7-6-8-11-18)21(19)22-24-16-17(2)15-23(3)4/h6-8,10-11,14,17,22H,5,9,12-13,15-16H2,1-4H3/t17-/m1/s1. The van der Waals surface area contributed by atoms with Gasteiger partial charge in [-0.2, -0.15) is 0 Å². The Hall–Kier alpha value is -1.58. The molecule has 0 saturated carbocycles. The first-order valence-corrected chi connectivity index (χ1v) is 9.10. The number of hydrogen-bond donors (Lipinski definition) is 1. The van der Waals surface area contributed by atoms with Crippen LogP contribution in [0.15, 0.2) is 47.2 Å². The Morgan fingerprint density at radius 1 is 1.21 bits per heavy atom. The van der Waals surface area contributed by atoms with Crippen molar-refractivity contribution in [2.24, 2.45) is 5.92 Å². The van der Waals surface area contributed by atoms with E-state index in [1.165, 1.54) is 35.2 Å². The second kappa shape index (κ2) is 9.65. The van der Waals surface area contributed by atoms with Gasteiger partial charge in [-0.15, -0.1) is 0 Å². The number of benzene rings is 1. The summed E-state index contributed by atoms with van der Waals surface area (Å²) in [4.78, 5) is 8.06. The van der Waals surface area contributed by atoms with Gasteiger partial charge in [-0.1, -0.05) is 44.2 Å². The van der Waals surface area contributed by atoms with Gasteiger partial charge in [0.25, 0.3) is 0 Å². The molecule has 1 aliphatic carbocycles. The van der Waals surface area contributed by atoms with Crippen LogP contribution in [0.5, 0.6) is 0 Å². The highest BCUT2D eigenvalue weighted by Crippen LogP contribution is 2.31. The summed E-state index contributed by atoms with van der Waals surface area (Å²) in [6, 6.07) is 10.6. The third-order valence-electron chi connectivity index (χ3n) is 4.39. The summed E-state index contributed by atoms with van der Waals surface area (Å²) in [5.41, 5.74) is 8.60. The quantitative estimate of drug-likeness (QED) is 0.704. The minimum Gasteiger partial charge on any atom is -0.309 e. The number of hydroxylamine groups is 1. The van der Waals surface area contributed by atoms with Gasteiger partial charge in [0.1, 0.15) is 0 Å². The maximum absolute atomic E-state index is 5.86. The highest BCUT2D eigenvalue weighted by Gasteiger charge is 2.17. The van der Waals surface area contributed by atoms with Crippen molar-refractivity contribution in [3.05, 3.63) is 52.7 Å². The maximum Gasteiger partial charge on any atom is 0.0783 e.